The molecule has 0 saturated carbocycles. The summed E-state index contributed by atoms with van der Waals surface area (Å²) in [5, 5.41) is 12.8. The smallest absolute Gasteiger partial charge is 0.279 e. The van der Waals surface area contributed by atoms with Gasteiger partial charge in [0.25, 0.3) is 11.5 Å². The number of nitrogens with zero attached hydrogens (tertiary/aromatic N) is 2. The summed E-state index contributed by atoms with van der Waals surface area (Å²) >= 11 is 0. The second-order valence-electron chi connectivity index (χ2n) is 6.47. The largest absolute Gasteiger partial charge is 0.321 e. The molecule has 0 radical (unpaired) electrons. The molecule has 1 aromatic heterocycles. The van der Waals surface area contributed by atoms with Gasteiger partial charge in [0.2, 0.25) is 10.0 Å². The van der Waals surface area contributed by atoms with Gasteiger partial charge in [-0.25, -0.2) is 13.6 Å². The molecule has 0 fully saturated rings. The molecule has 0 bridgehead atoms. The number of aromatic nitrogens is 2. The minimum atomic E-state index is -3.92. The molecule has 0 saturated heterocycles. The van der Waals surface area contributed by atoms with E-state index in [0.29, 0.717) is 16.5 Å². The molecule has 4 rings (SSSR count). The van der Waals surface area contributed by atoms with E-state index in [1.54, 1.807) is 48.5 Å². The van der Waals surface area contributed by atoms with Crippen LogP contribution in [0.3, 0.4) is 0 Å². The Balaban J connectivity index is 1.83. The second-order valence-corrected chi connectivity index (χ2v) is 8.04. The molecule has 30 heavy (non-hydrogen) atoms. The van der Waals surface area contributed by atoms with Gasteiger partial charge in [-0.1, -0.05) is 42.5 Å². The van der Waals surface area contributed by atoms with Crippen molar-refractivity contribution in [1.82, 2.24) is 9.78 Å². The summed E-state index contributed by atoms with van der Waals surface area (Å²) in [6.07, 6.45) is 0. The molecule has 1 heterocycles. The van der Waals surface area contributed by atoms with Crippen LogP contribution in [0.5, 0.6) is 0 Å². The molecule has 9 heteroatoms. The number of nitrogens with two attached hydrogens (primary N) is 1. The van der Waals surface area contributed by atoms with Crippen LogP contribution in [0.25, 0.3) is 16.5 Å². The fraction of sp³-hybridized carbons (Fsp3) is 0. The summed E-state index contributed by atoms with van der Waals surface area (Å²) in [6, 6.07) is 21.0. The first-order valence-corrected chi connectivity index (χ1v) is 10.4. The number of amides is 1. The minimum absolute atomic E-state index is 0.0232. The average Bonchev–Trinajstić information content (AvgIpc) is 2.74. The first-order chi connectivity index (χ1) is 14.3. The van der Waals surface area contributed by atoms with Gasteiger partial charge in [0.15, 0.2) is 5.69 Å². The number of nitrogens with one attached hydrogen (secondary N) is 1. The number of primary sulfonamides is 1. The molecule has 0 atom stereocenters. The molecule has 3 aromatic carbocycles. The normalized spacial score (nSPS) is 11.4. The number of carbonyl (C=O) groups excluding carboxylic acids is 1. The number of fused-ring (bicyclic) bond motifs is 1. The Kier molecular flexibility index (Phi) is 4.90. The Labute approximate surface area is 171 Å². The predicted octanol–water partition coefficient (Wildman–Crippen LogP) is 2.29. The molecule has 0 aliphatic rings. The van der Waals surface area contributed by atoms with Gasteiger partial charge < -0.3 is 5.32 Å². The van der Waals surface area contributed by atoms with Crippen LogP contribution in [0.15, 0.2) is 88.6 Å². The van der Waals surface area contributed by atoms with Crippen molar-refractivity contribution in [2.75, 3.05) is 5.32 Å². The lowest BCUT2D eigenvalue weighted by Crippen LogP contribution is -2.26. The van der Waals surface area contributed by atoms with E-state index in [9.17, 15) is 18.0 Å². The van der Waals surface area contributed by atoms with Crippen molar-refractivity contribution in [2.24, 2.45) is 5.14 Å². The number of para-hydroxylation sites is 1. The highest BCUT2D eigenvalue weighted by Gasteiger charge is 2.18. The lowest BCUT2D eigenvalue weighted by atomic mass is 10.1. The Morgan fingerprint density at radius 3 is 2.27 bits per heavy atom. The number of hydrogen-bond acceptors (Lipinski definition) is 5. The number of carbonyl (C=O) groups is 1. The van der Waals surface area contributed by atoms with E-state index in [2.05, 4.69) is 10.4 Å². The summed E-state index contributed by atoms with van der Waals surface area (Å²) in [5.74, 6) is -0.595. The first-order valence-electron chi connectivity index (χ1n) is 8.86. The first kappa shape index (κ1) is 19.5. The maximum absolute atomic E-state index is 13.0. The maximum atomic E-state index is 13.0. The fourth-order valence-electron chi connectivity index (χ4n) is 3.04. The van der Waals surface area contributed by atoms with Gasteiger partial charge in [0.05, 0.1) is 16.0 Å². The monoisotopic (exact) mass is 420 g/mol. The average molecular weight is 420 g/mol. The summed E-state index contributed by atoms with van der Waals surface area (Å²) in [5.41, 5.74) is 0.410. The van der Waals surface area contributed by atoms with E-state index >= 15 is 0 Å². The number of rotatable bonds is 4. The van der Waals surface area contributed by atoms with Crippen molar-refractivity contribution in [3.05, 3.63) is 94.9 Å². The highest BCUT2D eigenvalue weighted by molar-refractivity contribution is 7.89. The van der Waals surface area contributed by atoms with Crippen molar-refractivity contribution in [3.8, 4) is 5.69 Å². The van der Waals surface area contributed by atoms with Crippen LogP contribution in [0.1, 0.15) is 10.5 Å². The zero-order chi connectivity index (χ0) is 21.3. The minimum Gasteiger partial charge on any atom is -0.321 e. The van der Waals surface area contributed by atoms with Crippen molar-refractivity contribution >= 4 is 32.4 Å². The Morgan fingerprint density at radius 2 is 1.57 bits per heavy atom. The van der Waals surface area contributed by atoms with E-state index < -0.39 is 15.9 Å². The van der Waals surface area contributed by atoms with Gasteiger partial charge in [0, 0.05) is 11.1 Å². The van der Waals surface area contributed by atoms with Crippen LogP contribution in [0.2, 0.25) is 0 Å². The molecule has 0 spiro atoms. The van der Waals surface area contributed by atoms with Crippen LogP contribution in [-0.2, 0) is 10.0 Å². The highest BCUT2D eigenvalue weighted by Crippen LogP contribution is 2.19. The van der Waals surface area contributed by atoms with Gasteiger partial charge in [-0.05, 0) is 36.4 Å². The van der Waals surface area contributed by atoms with Crippen molar-refractivity contribution in [3.63, 3.8) is 0 Å². The van der Waals surface area contributed by atoms with Crippen molar-refractivity contribution in [2.45, 2.75) is 4.90 Å². The van der Waals surface area contributed by atoms with Crippen molar-refractivity contribution < 1.29 is 13.2 Å². The van der Waals surface area contributed by atoms with Gasteiger partial charge in [-0.2, -0.15) is 9.78 Å². The second kappa shape index (κ2) is 7.54. The summed E-state index contributed by atoms with van der Waals surface area (Å²) < 4.78 is 24.3. The van der Waals surface area contributed by atoms with Gasteiger partial charge >= 0.3 is 0 Å². The van der Waals surface area contributed by atoms with E-state index in [4.69, 9.17) is 5.14 Å². The zero-order valence-corrected chi connectivity index (χ0v) is 16.3. The summed E-state index contributed by atoms with van der Waals surface area (Å²) in [4.78, 5) is 25.8. The highest BCUT2D eigenvalue weighted by atomic mass is 32.2. The molecular formula is C21H16N4O4S. The molecule has 1 amide bonds. The third-order valence-corrected chi connectivity index (χ3v) is 5.35. The molecule has 8 nitrogen and oxygen atoms in total. The van der Waals surface area contributed by atoms with E-state index in [1.165, 1.54) is 24.3 Å². The Hall–Kier alpha value is -3.82. The Bertz CT molecular complexity index is 1430. The lowest BCUT2D eigenvalue weighted by molar-refractivity contribution is 0.102. The van der Waals surface area contributed by atoms with Crippen LogP contribution >= 0.6 is 0 Å². The summed E-state index contributed by atoms with van der Waals surface area (Å²) in [7, 11) is -3.92. The number of sulfonamides is 1. The Morgan fingerprint density at radius 1 is 0.900 bits per heavy atom. The molecule has 0 unspecified atom stereocenters. The van der Waals surface area contributed by atoms with Crippen LogP contribution in [0, 0.1) is 0 Å². The predicted molar refractivity (Wildman–Crippen MR) is 113 cm³/mol. The van der Waals surface area contributed by atoms with Gasteiger partial charge in [0.1, 0.15) is 0 Å². The third-order valence-electron chi connectivity index (χ3n) is 4.44. The number of benzene rings is 3. The third kappa shape index (κ3) is 3.71. The standard InChI is InChI=1S/C21H16N4O4S/c22-30(28,29)16-10-6-7-14(13-16)23-20(26)19-17-11-4-5-12-18(17)21(27)25(24-19)15-8-2-1-3-9-15/h1-13H,(H,23,26)(H2,22,28,29). The fourth-order valence-corrected chi connectivity index (χ4v) is 3.60. The molecule has 4 aromatic rings. The summed E-state index contributed by atoms with van der Waals surface area (Å²) in [6.45, 7) is 0. The molecule has 150 valence electrons. The lowest BCUT2D eigenvalue weighted by Gasteiger charge is -2.12. The quantitative estimate of drug-likeness (QED) is 0.524. The topological polar surface area (TPSA) is 124 Å². The molecule has 0 aliphatic carbocycles. The van der Waals surface area contributed by atoms with E-state index in [1.807, 2.05) is 6.07 Å². The zero-order valence-electron chi connectivity index (χ0n) is 15.5. The molecular weight excluding hydrogens is 404 g/mol. The molecule has 3 N–H and O–H groups in total. The molecule has 0 aliphatic heterocycles. The SMILES string of the molecule is NS(=O)(=O)c1cccc(NC(=O)c2nn(-c3ccccc3)c(=O)c3ccccc23)c1. The van der Waals surface area contributed by atoms with Crippen LogP contribution in [-0.4, -0.2) is 24.1 Å². The van der Waals surface area contributed by atoms with E-state index in [-0.39, 0.29) is 21.8 Å². The van der Waals surface area contributed by atoms with Gasteiger partial charge in [-0.3, -0.25) is 9.59 Å². The van der Waals surface area contributed by atoms with E-state index in [0.717, 1.165) is 4.68 Å². The maximum Gasteiger partial charge on any atom is 0.279 e. The van der Waals surface area contributed by atoms with Gasteiger partial charge in [-0.15, -0.1) is 0 Å². The van der Waals surface area contributed by atoms with Crippen LogP contribution in [0.4, 0.5) is 5.69 Å². The number of anilines is 1. The van der Waals surface area contributed by atoms with Crippen molar-refractivity contribution in [1.29, 1.82) is 0 Å². The number of hydrogen-bond donors (Lipinski definition) is 2. The van der Waals surface area contributed by atoms with Crippen LogP contribution < -0.4 is 16.0 Å².